The Bertz CT molecular complexity index is 578. The van der Waals surface area contributed by atoms with Gasteiger partial charge in [-0.2, -0.15) is 0 Å². The van der Waals surface area contributed by atoms with Crippen molar-refractivity contribution >= 4 is 0 Å². The number of halogens is 2. The average Bonchev–Trinajstić information content (AvgIpc) is 2.42. The first-order valence-electron chi connectivity index (χ1n) is 6.75. The average molecular weight is 275 g/mol. The Kier molecular flexibility index (Phi) is 4.50. The van der Waals surface area contributed by atoms with Gasteiger partial charge >= 0.3 is 0 Å². The van der Waals surface area contributed by atoms with Crippen LogP contribution in [-0.2, 0) is 0 Å². The predicted molar refractivity (Wildman–Crippen MR) is 77.5 cm³/mol. The maximum Gasteiger partial charge on any atom is 0.159 e. The molecule has 0 amide bonds. The van der Waals surface area contributed by atoms with Gasteiger partial charge in [0.1, 0.15) is 0 Å². The molecule has 106 valence electrons. The van der Waals surface area contributed by atoms with Crippen LogP contribution >= 0.6 is 0 Å². The molecule has 2 unspecified atom stereocenters. The first-order chi connectivity index (χ1) is 9.47. The van der Waals surface area contributed by atoms with Gasteiger partial charge in [0.25, 0.3) is 0 Å². The third kappa shape index (κ3) is 3.42. The number of aryl methyl sites for hydroxylation is 1. The lowest BCUT2D eigenvalue weighted by Crippen LogP contribution is -2.22. The van der Waals surface area contributed by atoms with Crippen LogP contribution in [-0.4, -0.2) is 0 Å². The second-order valence-electron chi connectivity index (χ2n) is 5.19. The topological polar surface area (TPSA) is 12.0 Å². The standard InChI is InChI=1S/C17H19F2N/c1-11-4-6-14(7-5-11)12(2)20-13(3)15-8-9-16(18)17(19)10-15/h4-10,12-13,20H,1-3H3. The number of hydrogen-bond donors (Lipinski definition) is 1. The number of nitrogens with one attached hydrogen (secondary N) is 1. The van der Waals surface area contributed by atoms with Gasteiger partial charge in [0.05, 0.1) is 0 Å². The quantitative estimate of drug-likeness (QED) is 0.854. The van der Waals surface area contributed by atoms with E-state index in [4.69, 9.17) is 0 Å². The molecule has 0 heterocycles. The lowest BCUT2D eigenvalue weighted by atomic mass is 10.0. The Morgan fingerprint density at radius 3 is 1.95 bits per heavy atom. The highest BCUT2D eigenvalue weighted by molar-refractivity contribution is 5.25. The van der Waals surface area contributed by atoms with Crippen LogP contribution in [0.2, 0.25) is 0 Å². The van der Waals surface area contributed by atoms with E-state index in [2.05, 4.69) is 36.5 Å². The highest BCUT2D eigenvalue weighted by Gasteiger charge is 2.13. The van der Waals surface area contributed by atoms with Gasteiger partial charge in [0, 0.05) is 12.1 Å². The van der Waals surface area contributed by atoms with Gasteiger partial charge in [-0.25, -0.2) is 8.78 Å². The fourth-order valence-electron chi connectivity index (χ4n) is 2.20. The summed E-state index contributed by atoms with van der Waals surface area (Å²) in [6.45, 7) is 6.05. The molecule has 0 aliphatic rings. The fraction of sp³-hybridized carbons (Fsp3) is 0.294. The molecule has 3 heteroatoms. The molecule has 0 fully saturated rings. The molecule has 0 aromatic heterocycles. The van der Waals surface area contributed by atoms with E-state index < -0.39 is 11.6 Å². The summed E-state index contributed by atoms with van der Waals surface area (Å²) in [7, 11) is 0. The zero-order valence-corrected chi connectivity index (χ0v) is 12.0. The van der Waals surface area contributed by atoms with Crippen molar-refractivity contribution in [3.05, 3.63) is 70.8 Å². The van der Waals surface area contributed by atoms with Crippen molar-refractivity contribution in [2.75, 3.05) is 0 Å². The summed E-state index contributed by atoms with van der Waals surface area (Å²) in [6.07, 6.45) is 0. The van der Waals surface area contributed by atoms with Crippen LogP contribution in [0.15, 0.2) is 42.5 Å². The summed E-state index contributed by atoms with van der Waals surface area (Å²) in [5.41, 5.74) is 3.13. The van der Waals surface area contributed by atoms with Gasteiger partial charge in [-0.05, 0) is 44.0 Å². The van der Waals surface area contributed by atoms with E-state index in [0.717, 1.165) is 5.56 Å². The van der Waals surface area contributed by atoms with E-state index in [1.807, 2.05) is 13.8 Å². The minimum atomic E-state index is -0.812. The van der Waals surface area contributed by atoms with Crippen LogP contribution in [0.5, 0.6) is 0 Å². The highest BCUT2D eigenvalue weighted by Crippen LogP contribution is 2.21. The van der Waals surface area contributed by atoms with Gasteiger partial charge < -0.3 is 5.32 Å². The normalized spacial score (nSPS) is 14.1. The molecule has 2 atom stereocenters. The molecule has 0 bridgehead atoms. The molecule has 0 aliphatic carbocycles. The molecule has 20 heavy (non-hydrogen) atoms. The molecular formula is C17H19F2N. The van der Waals surface area contributed by atoms with Crippen LogP contribution < -0.4 is 5.32 Å². The number of benzene rings is 2. The Morgan fingerprint density at radius 2 is 1.35 bits per heavy atom. The molecule has 2 aromatic rings. The minimum Gasteiger partial charge on any atom is -0.304 e. The highest BCUT2D eigenvalue weighted by atomic mass is 19.2. The summed E-state index contributed by atoms with van der Waals surface area (Å²) in [4.78, 5) is 0. The zero-order valence-electron chi connectivity index (χ0n) is 12.0. The largest absolute Gasteiger partial charge is 0.304 e. The number of hydrogen-bond acceptors (Lipinski definition) is 1. The van der Waals surface area contributed by atoms with Gasteiger partial charge in [-0.1, -0.05) is 35.9 Å². The number of rotatable bonds is 4. The lowest BCUT2D eigenvalue weighted by molar-refractivity contribution is 0.480. The van der Waals surface area contributed by atoms with Gasteiger partial charge in [-0.3, -0.25) is 0 Å². The molecule has 0 aliphatic heterocycles. The first-order valence-corrected chi connectivity index (χ1v) is 6.75. The lowest BCUT2D eigenvalue weighted by Gasteiger charge is -2.21. The molecule has 2 rings (SSSR count). The maximum atomic E-state index is 13.2. The second-order valence-corrected chi connectivity index (χ2v) is 5.19. The van der Waals surface area contributed by atoms with Gasteiger partial charge in [0.2, 0.25) is 0 Å². The van der Waals surface area contributed by atoms with Crippen LogP contribution in [0.4, 0.5) is 8.78 Å². The third-order valence-electron chi connectivity index (χ3n) is 3.52. The van der Waals surface area contributed by atoms with Crippen LogP contribution in [0.25, 0.3) is 0 Å². The molecule has 2 aromatic carbocycles. The maximum absolute atomic E-state index is 13.2. The Labute approximate surface area is 118 Å². The third-order valence-corrected chi connectivity index (χ3v) is 3.52. The van der Waals surface area contributed by atoms with Crippen LogP contribution in [0, 0.1) is 18.6 Å². The second kappa shape index (κ2) is 6.14. The predicted octanol–water partition coefficient (Wildman–Crippen LogP) is 4.69. The molecule has 1 N–H and O–H groups in total. The molecule has 0 saturated carbocycles. The Hall–Kier alpha value is -1.74. The molecule has 0 spiro atoms. The fourth-order valence-corrected chi connectivity index (χ4v) is 2.20. The zero-order chi connectivity index (χ0) is 14.7. The molecule has 0 radical (unpaired) electrons. The van der Waals surface area contributed by atoms with Crippen LogP contribution in [0.3, 0.4) is 0 Å². The summed E-state index contributed by atoms with van der Waals surface area (Å²) >= 11 is 0. The van der Waals surface area contributed by atoms with Gasteiger partial charge in [0.15, 0.2) is 11.6 Å². The van der Waals surface area contributed by atoms with Crippen LogP contribution in [0.1, 0.15) is 42.6 Å². The minimum absolute atomic E-state index is 0.0543. The van der Waals surface area contributed by atoms with E-state index in [-0.39, 0.29) is 12.1 Å². The first kappa shape index (κ1) is 14.7. The molecule has 0 saturated heterocycles. The van der Waals surface area contributed by atoms with Crippen molar-refractivity contribution in [3.63, 3.8) is 0 Å². The van der Waals surface area contributed by atoms with E-state index in [1.165, 1.54) is 23.3 Å². The molecular weight excluding hydrogens is 256 g/mol. The summed E-state index contributed by atoms with van der Waals surface area (Å²) in [5.74, 6) is -1.62. The van der Waals surface area contributed by atoms with Gasteiger partial charge in [-0.15, -0.1) is 0 Å². The monoisotopic (exact) mass is 275 g/mol. The Balaban J connectivity index is 2.08. The van der Waals surface area contributed by atoms with E-state index >= 15 is 0 Å². The van der Waals surface area contributed by atoms with Crippen molar-refractivity contribution in [2.45, 2.75) is 32.9 Å². The Morgan fingerprint density at radius 1 is 0.800 bits per heavy atom. The van der Waals surface area contributed by atoms with Crippen molar-refractivity contribution < 1.29 is 8.78 Å². The van der Waals surface area contributed by atoms with Crippen molar-refractivity contribution in [1.29, 1.82) is 0 Å². The SMILES string of the molecule is Cc1ccc(C(C)NC(C)c2ccc(F)c(F)c2)cc1. The van der Waals surface area contributed by atoms with E-state index in [0.29, 0.717) is 0 Å². The summed E-state index contributed by atoms with van der Waals surface area (Å²) in [5, 5.41) is 3.39. The van der Waals surface area contributed by atoms with E-state index in [1.54, 1.807) is 6.07 Å². The summed E-state index contributed by atoms with van der Waals surface area (Å²) < 4.78 is 26.2. The summed E-state index contributed by atoms with van der Waals surface area (Å²) in [6, 6.07) is 12.4. The van der Waals surface area contributed by atoms with Crippen molar-refractivity contribution in [3.8, 4) is 0 Å². The van der Waals surface area contributed by atoms with Crippen molar-refractivity contribution in [1.82, 2.24) is 5.32 Å². The smallest absolute Gasteiger partial charge is 0.159 e. The van der Waals surface area contributed by atoms with Crippen molar-refractivity contribution in [2.24, 2.45) is 0 Å². The molecule has 1 nitrogen and oxygen atoms in total. The van der Waals surface area contributed by atoms with E-state index in [9.17, 15) is 8.78 Å².